The molecular formula is C11H17NO7. The lowest BCUT2D eigenvalue weighted by Crippen LogP contribution is -2.65. The Morgan fingerprint density at radius 1 is 1.32 bits per heavy atom. The molecule has 5 atom stereocenters. The molecular weight excluding hydrogens is 258 g/mol. The first-order valence-electron chi connectivity index (χ1n) is 5.61. The van der Waals surface area contributed by atoms with E-state index in [2.05, 4.69) is 6.58 Å². The number of aliphatic hydroxyl groups excluding tert-OH is 4. The van der Waals surface area contributed by atoms with E-state index in [1.165, 1.54) is 0 Å². The van der Waals surface area contributed by atoms with E-state index in [1.54, 1.807) is 0 Å². The number of nitrogens with zero attached hydrogens (tertiary/aromatic N) is 1. The fourth-order valence-electron chi connectivity index (χ4n) is 1.97. The lowest BCUT2D eigenvalue weighted by molar-refractivity contribution is -0.268. The van der Waals surface area contributed by atoms with Crippen molar-refractivity contribution in [3.63, 3.8) is 0 Å². The summed E-state index contributed by atoms with van der Waals surface area (Å²) in [6.07, 6.45) is -5.27. The molecule has 0 saturated carbocycles. The molecule has 1 aliphatic rings. The van der Waals surface area contributed by atoms with E-state index in [9.17, 15) is 24.9 Å². The maximum Gasteiger partial charge on any atom is 0.253 e. The van der Waals surface area contributed by atoms with Crippen LogP contribution in [0.1, 0.15) is 6.92 Å². The summed E-state index contributed by atoms with van der Waals surface area (Å²) in [5.74, 6) is -1.58. The molecule has 1 saturated heterocycles. The normalized spacial score (nSPS) is 34.7. The Hall–Kier alpha value is -1.32. The number of carbonyl (C=O) groups is 2. The average molecular weight is 275 g/mol. The van der Waals surface area contributed by atoms with E-state index in [0.29, 0.717) is 4.90 Å². The molecule has 8 heteroatoms. The van der Waals surface area contributed by atoms with Crippen molar-refractivity contribution >= 4 is 11.8 Å². The predicted octanol–water partition coefficient (Wildman–Crippen LogP) is -2.65. The van der Waals surface area contributed by atoms with Crippen LogP contribution < -0.4 is 0 Å². The summed E-state index contributed by atoms with van der Waals surface area (Å²) in [5.41, 5.74) is 0. The van der Waals surface area contributed by atoms with Crippen molar-refractivity contribution < 1.29 is 34.8 Å². The van der Waals surface area contributed by atoms with Crippen LogP contribution in [0.2, 0.25) is 0 Å². The van der Waals surface area contributed by atoms with Crippen LogP contribution in [-0.2, 0) is 14.3 Å². The van der Waals surface area contributed by atoms with Crippen LogP contribution in [0.3, 0.4) is 0 Å². The number of ether oxygens (including phenoxy) is 1. The molecule has 0 radical (unpaired) electrons. The fourth-order valence-corrected chi connectivity index (χ4v) is 1.97. The van der Waals surface area contributed by atoms with Gasteiger partial charge < -0.3 is 25.2 Å². The number of rotatable bonds is 3. The molecule has 0 bridgehead atoms. The van der Waals surface area contributed by atoms with Gasteiger partial charge in [0.25, 0.3) is 5.91 Å². The molecule has 1 aliphatic heterocycles. The first-order chi connectivity index (χ1) is 8.84. The summed E-state index contributed by atoms with van der Waals surface area (Å²) in [4.78, 5) is 23.6. The Morgan fingerprint density at radius 3 is 2.32 bits per heavy atom. The number of aliphatic hydroxyl groups is 4. The van der Waals surface area contributed by atoms with Gasteiger partial charge >= 0.3 is 0 Å². The van der Waals surface area contributed by atoms with Crippen molar-refractivity contribution in [3.8, 4) is 0 Å². The quantitative estimate of drug-likeness (QED) is 0.414. The lowest BCUT2D eigenvalue weighted by atomic mass is 9.95. The lowest BCUT2D eigenvalue weighted by Gasteiger charge is -2.43. The standard InChI is InChI=1S/C11H17NO7/c1-3-7(15)12(5(2)14)8-10(17)9(16)6(4-13)19-11(8)18/h3,6,8-11,13,16-18H,1,4H2,2H3/t6-,8-,9-,10-,11-/m1/s1. The van der Waals surface area contributed by atoms with Gasteiger partial charge in [0, 0.05) is 6.92 Å². The first kappa shape index (κ1) is 15.7. The maximum absolute atomic E-state index is 11.6. The summed E-state index contributed by atoms with van der Waals surface area (Å²) >= 11 is 0. The molecule has 0 unspecified atom stereocenters. The van der Waals surface area contributed by atoms with E-state index in [-0.39, 0.29) is 0 Å². The molecule has 2 amide bonds. The van der Waals surface area contributed by atoms with Crippen molar-refractivity contribution in [2.24, 2.45) is 0 Å². The van der Waals surface area contributed by atoms with Crippen molar-refractivity contribution in [2.45, 2.75) is 37.6 Å². The van der Waals surface area contributed by atoms with Gasteiger partial charge in [-0.2, -0.15) is 0 Å². The zero-order chi connectivity index (χ0) is 14.7. The molecule has 0 spiro atoms. The van der Waals surface area contributed by atoms with E-state index in [0.717, 1.165) is 13.0 Å². The minimum Gasteiger partial charge on any atom is -0.394 e. The van der Waals surface area contributed by atoms with Crippen LogP contribution in [0, 0.1) is 0 Å². The fraction of sp³-hybridized carbons (Fsp3) is 0.636. The Labute approximate surface area is 109 Å². The Kier molecular flexibility index (Phi) is 5.15. The number of amides is 2. The number of carbonyl (C=O) groups excluding carboxylic acids is 2. The minimum absolute atomic E-state index is 0.555. The highest BCUT2D eigenvalue weighted by molar-refractivity contribution is 6.00. The third kappa shape index (κ3) is 2.99. The molecule has 19 heavy (non-hydrogen) atoms. The molecule has 8 nitrogen and oxygen atoms in total. The molecule has 0 aliphatic carbocycles. The van der Waals surface area contributed by atoms with E-state index < -0.39 is 49.1 Å². The average Bonchev–Trinajstić information content (AvgIpc) is 2.37. The minimum atomic E-state index is -1.72. The Balaban J connectivity index is 3.05. The highest BCUT2D eigenvalue weighted by Crippen LogP contribution is 2.24. The predicted molar refractivity (Wildman–Crippen MR) is 61.5 cm³/mol. The molecule has 0 aromatic rings. The van der Waals surface area contributed by atoms with Crippen LogP contribution in [0.5, 0.6) is 0 Å². The van der Waals surface area contributed by atoms with Crippen molar-refractivity contribution in [1.82, 2.24) is 4.90 Å². The van der Waals surface area contributed by atoms with Gasteiger partial charge in [0.2, 0.25) is 5.91 Å². The monoisotopic (exact) mass is 275 g/mol. The first-order valence-corrected chi connectivity index (χ1v) is 5.61. The van der Waals surface area contributed by atoms with Gasteiger partial charge in [-0.3, -0.25) is 14.5 Å². The van der Waals surface area contributed by atoms with Gasteiger partial charge in [0.1, 0.15) is 24.4 Å². The number of hydrogen-bond donors (Lipinski definition) is 4. The Bertz CT molecular complexity index is 372. The van der Waals surface area contributed by atoms with Crippen LogP contribution >= 0.6 is 0 Å². The smallest absolute Gasteiger partial charge is 0.253 e. The molecule has 1 rings (SSSR count). The Morgan fingerprint density at radius 2 is 1.89 bits per heavy atom. The zero-order valence-electron chi connectivity index (χ0n) is 10.3. The number of imide groups is 1. The van der Waals surface area contributed by atoms with Gasteiger partial charge in [-0.15, -0.1) is 0 Å². The van der Waals surface area contributed by atoms with Crippen molar-refractivity contribution in [1.29, 1.82) is 0 Å². The second kappa shape index (κ2) is 6.22. The molecule has 4 N–H and O–H groups in total. The molecule has 1 fully saturated rings. The van der Waals surface area contributed by atoms with E-state index in [1.807, 2.05) is 0 Å². The topological polar surface area (TPSA) is 128 Å². The summed E-state index contributed by atoms with van der Waals surface area (Å²) in [6.45, 7) is 3.64. The largest absolute Gasteiger partial charge is 0.394 e. The third-order valence-corrected chi connectivity index (χ3v) is 2.92. The second-order valence-corrected chi connectivity index (χ2v) is 4.15. The van der Waals surface area contributed by atoms with Gasteiger partial charge in [0.15, 0.2) is 6.29 Å². The van der Waals surface area contributed by atoms with Crippen LogP contribution in [0.4, 0.5) is 0 Å². The molecule has 108 valence electrons. The van der Waals surface area contributed by atoms with Gasteiger partial charge in [0.05, 0.1) is 6.61 Å². The van der Waals surface area contributed by atoms with Gasteiger partial charge in [-0.25, -0.2) is 0 Å². The third-order valence-electron chi connectivity index (χ3n) is 2.92. The highest BCUT2D eigenvalue weighted by Gasteiger charge is 2.48. The SMILES string of the molecule is C=CC(=O)N(C(C)=O)[C@@H]1[C@@H](O)[C@H](O)[C@@H](CO)O[C@H]1O. The van der Waals surface area contributed by atoms with Gasteiger partial charge in [-0.1, -0.05) is 6.58 Å². The van der Waals surface area contributed by atoms with E-state index >= 15 is 0 Å². The van der Waals surface area contributed by atoms with Crippen LogP contribution in [0.25, 0.3) is 0 Å². The van der Waals surface area contributed by atoms with Crippen molar-refractivity contribution in [2.75, 3.05) is 6.61 Å². The number of hydrogen-bond acceptors (Lipinski definition) is 7. The highest BCUT2D eigenvalue weighted by atomic mass is 16.6. The summed E-state index contributed by atoms with van der Waals surface area (Å²) in [6, 6.07) is -1.47. The van der Waals surface area contributed by atoms with Crippen molar-refractivity contribution in [3.05, 3.63) is 12.7 Å². The van der Waals surface area contributed by atoms with Crippen LogP contribution in [-0.4, -0.2) is 74.4 Å². The molecule has 1 heterocycles. The van der Waals surface area contributed by atoms with Gasteiger partial charge in [-0.05, 0) is 6.08 Å². The van der Waals surface area contributed by atoms with E-state index in [4.69, 9.17) is 9.84 Å². The maximum atomic E-state index is 11.6. The van der Waals surface area contributed by atoms with Crippen LogP contribution in [0.15, 0.2) is 12.7 Å². The molecule has 0 aromatic carbocycles. The zero-order valence-corrected chi connectivity index (χ0v) is 10.3. The molecule has 0 aromatic heterocycles. The second-order valence-electron chi connectivity index (χ2n) is 4.15. The summed E-state index contributed by atoms with van der Waals surface area (Å²) in [7, 11) is 0. The summed E-state index contributed by atoms with van der Waals surface area (Å²) < 4.78 is 4.87. The summed E-state index contributed by atoms with van der Waals surface area (Å²) in [5, 5.41) is 38.2.